The van der Waals surface area contributed by atoms with Gasteiger partial charge in [0.05, 0.1) is 32.4 Å². The highest BCUT2D eigenvalue weighted by molar-refractivity contribution is 7.53. The zero-order chi connectivity index (χ0) is 27.6. The van der Waals surface area contributed by atoms with Crippen molar-refractivity contribution in [1.29, 1.82) is 0 Å². The molecule has 222 valence electrons. The lowest BCUT2D eigenvalue weighted by molar-refractivity contribution is -0.0143. The minimum Gasteiger partial charge on any atom is -0.381 e. The van der Waals surface area contributed by atoms with Gasteiger partial charge in [0.15, 0.2) is 11.2 Å². The molecule has 0 bridgehead atoms. The number of nitrogens with one attached hydrogen (secondary N) is 1. The van der Waals surface area contributed by atoms with Gasteiger partial charge in [-0.2, -0.15) is 0 Å². The third kappa shape index (κ3) is 12.2. The summed E-state index contributed by atoms with van der Waals surface area (Å²) in [7, 11) is -3.26. The van der Waals surface area contributed by atoms with Gasteiger partial charge in [-0.1, -0.05) is 90.4 Å². The van der Waals surface area contributed by atoms with Crippen molar-refractivity contribution in [3.63, 3.8) is 0 Å². The fourth-order valence-electron chi connectivity index (χ4n) is 4.77. The Morgan fingerprint density at radius 2 is 1.56 bits per heavy atom. The number of imidazole rings is 1. The van der Waals surface area contributed by atoms with Crippen LogP contribution in [0, 0.1) is 0 Å². The number of aromatic amines is 1. The van der Waals surface area contributed by atoms with Crippen LogP contribution >= 0.6 is 7.60 Å². The normalized spacial score (nSPS) is 19.7. The van der Waals surface area contributed by atoms with Crippen LogP contribution in [0.5, 0.6) is 0 Å². The van der Waals surface area contributed by atoms with E-state index in [1.165, 1.54) is 89.8 Å². The molecule has 39 heavy (non-hydrogen) atoms. The second-order valence-electron chi connectivity index (χ2n) is 10.5. The molecule has 1 aliphatic rings. The lowest BCUT2D eigenvalue weighted by atomic mass is 10.0. The Balaban J connectivity index is 1.10. The quantitative estimate of drug-likeness (QED) is 0.125. The average Bonchev–Trinajstić information content (AvgIpc) is 3.35. The molecule has 1 fully saturated rings. The number of fused-ring (bicyclic) bond motifs is 1. The van der Waals surface area contributed by atoms with Gasteiger partial charge < -0.3 is 28.1 Å². The summed E-state index contributed by atoms with van der Waals surface area (Å²) in [5, 5.41) is 0. The third-order valence-electron chi connectivity index (χ3n) is 7.10. The van der Waals surface area contributed by atoms with E-state index in [1.807, 2.05) is 0 Å². The van der Waals surface area contributed by atoms with Crippen LogP contribution < -0.4 is 5.56 Å². The average molecular weight is 569 g/mol. The summed E-state index contributed by atoms with van der Waals surface area (Å²) in [5.41, 5.74) is 0.456. The van der Waals surface area contributed by atoms with Gasteiger partial charge in [-0.05, 0) is 12.8 Å². The molecule has 11 heteroatoms. The zero-order valence-corrected chi connectivity index (χ0v) is 24.7. The number of aromatic nitrogens is 4. The number of nitrogens with zero attached hydrogens (tertiary/aromatic N) is 3. The number of ether oxygens (including phenoxy) is 2. The number of unbranched alkanes of at least 4 members (excludes halogenated alkanes) is 13. The molecule has 1 N–H and O–H groups in total. The molecular weight excluding hydrogens is 519 g/mol. The van der Waals surface area contributed by atoms with Gasteiger partial charge in [0.25, 0.3) is 5.56 Å². The van der Waals surface area contributed by atoms with E-state index in [9.17, 15) is 9.36 Å². The first kappa shape index (κ1) is 31.9. The molecule has 1 aliphatic heterocycles. The summed E-state index contributed by atoms with van der Waals surface area (Å²) in [6.45, 7) is 4.45. The van der Waals surface area contributed by atoms with Crippen LogP contribution in [0.15, 0.2) is 17.4 Å². The minimum atomic E-state index is -3.26. The van der Waals surface area contributed by atoms with Crippen LogP contribution in [-0.4, -0.2) is 58.4 Å². The SMILES string of the molecule is CCCCCCCCCCCCCCCCOCCCOP1(=O)CO[C@@H](Cn2cnc3c(=O)[nH]cnc32)CO1. The number of rotatable bonds is 22. The molecule has 3 rings (SSSR count). The van der Waals surface area contributed by atoms with Crippen molar-refractivity contribution in [2.75, 3.05) is 32.8 Å². The standard InChI is InChI=1S/C28H49N4O6P/c1-2-3-4-5-6-7-8-9-10-11-12-13-14-15-17-35-18-16-19-37-39(34)24-36-25(21-38-39)20-32-23-31-26-27(32)29-22-30-28(26)33/h22-23,25H,2-21,24H2,1H3,(H,29,30,33)/t25-,39?/m0/s1. The van der Waals surface area contributed by atoms with Gasteiger partial charge >= 0.3 is 7.60 Å². The van der Waals surface area contributed by atoms with Crippen LogP contribution in [0.4, 0.5) is 0 Å². The van der Waals surface area contributed by atoms with E-state index in [-0.39, 0.29) is 30.1 Å². The van der Waals surface area contributed by atoms with E-state index in [2.05, 4.69) is 21.9 Å². The van der Waals surface area contributed by atoms with E-state index in [4.69, 9.17) is 18.5 Å². The Bertz CT molecular complexity index is 1020. The molecule has 2 aromatic heterocycles. The van der Waals surface area contributed by atoms with Crippen LogP contribution in [0.3, 0.4) is 0 Å². The van der Waals surface area contributed by atoms with Gasteiger partial charge in [0.1, 0.15) is 12.5 Å². The maximum Gasteiger partial charge on any atom is 0.356 e. The molecule has 2 atom stereocenters. The van der Waals surface area contributed by atoms with Crippen molar-refractivity contribution >= 4 is 18.8 Å². The van der Waals surface area contributed by atoms with E-state index >= 15 is 0 Å². The second-order valence-corrected chi connectivity index (χ2v) is 12.5. The van der Waals surface area contributed by atoms with Gasteiger partial charge in [0, 0.05) is 13.2 Å². The van der Waals surface area contributed by atoms with Crippen molar-refractivity contribution in [1.82, 2.24) is 19.5 Å². The van der Waals surface area contributed by atoms with Gasteiger partial charge in [-0.25, -0.2) is 9.97 Å². The molecule has 0 radical (unpaired) electrons. The molecule has 2 aromatic rings. The first-order chi connectivity index (χ1) is 19.1. The maximum atomic E-state index is 12.7. The molecule has 1 saturated heterocycles. The molecule has 0 spiro atoms. The molecule has 10 nitrogen and oxygen atoms in total. The van der Waals surface area contributed by atoms with E-state index in [0.29, 0.717) is 31.8 Å². The summed E-state index contributed by atoms with van der Waals surface area (Å²) in [5.74, 6) is 0. The van der Waals surface area contributed by atoms with E-state index in [0.717, 1.165) is 13.0 Å². The first-order valence-electron chi connectivity index (χ1n) is 15.1. The van der Waals surface area contributed by atoms with Gasteiger partial charge in [-0.15, -0.1) is 0 Å². The fraction of sp³-hybridized carbons (Fsp3) is 0.821. The Morgan fingerprint density at radius 1 is 0.923 bits per heavy atom. The van der Waals surface area contributed by atoms with Gasteiger partial charge in [-0.3, -0.25) is 9.36 Å². The lowest BCUT2D eigenvalue weighted by Gasteiger charge is -2.29. The first-order valence-corrected chi connectivity index (χ1v) is 16.8. The monoisotopic (exact) mass is 568 g/mol. The highest BCUT2D eigenvalue weighted by Gasteiger charge is 2.33. The number of hydrogen-bond donors (Lipinski definition) is 1. The highest BCUT2D eigenvalue weighted by atomic mass is 31.2. The predicted molar refractivity (Wildman–Crippen MR) is 153 cm³/mol. The minimum absolute atomic E-state index is 0.0990. The summed E-state index contributed by atoms with van der Waals surface area (Å²) in [6.07, 6.45) is 22.0. The summed E-state index contributed by atoms with van der Waals surface area (Å²) in [4.78, 5) is 22.5. The molecule has 0 saturated carbocycles. The summed E-state index contributed by atoms with van der Waals surface area (Å²) >= 11 is 0. The van der Waals surface area contributed by atoms with E-state index in [1.54, 1.807) is 10.9 Å². The molecule has 3 heterocycles. The Labute approximate surface area is 233 Å². The Kier molecular flexibility index (Phi) is 15.3. The van der Waals surface area contributed by atoms with Crippen LogP contribution in [0.25, 0.3) is 11.2 Å². The van der Waals surface area contributed by atoms with Crippen molar-refractivity contribution < 1.29 is 23.1 Å². The maximum absolute atomic E-state index is 12.7. The molecule has 0 amide bonds. The van der Waals surface area contributed by atoms with Gasteiger partial charge in [0.2, 0.25) is 0 Å². The molecular formula is C28H49N4O6P. The summed E-state index contributed by atoms with van der Waals surface area (Å²) in [6, 6.07) is 0. The Hall–Kier alpha value is -1.58. The molecule has 0 aliphatic carbocycles. The van der Waals surface area contributed by atoms with E-state index < -0.39 is 7.60 Å². The lowest BCUT2D eigenvalue weighted by Crippen LogP contribution is -2.30. The largest absolute Gasteiger partial charge is 0.381 e. The highest BCUT2D eigenvalue weighted by Crippen LogP contribution is 2.51. The second kappa shape index (κ2) is 18.7. The number of hydrogen-bond acceptors (Lipinski definition) is 8. The van der Waals surface area contributed by atoms with Crippen molar-refractivity contribution in [3.8, 4) is 0 Å². The smallest absolute Gasteiger partial charge is 0.356 e. The zero-order valence-electron chi connectivity index (χ0n) is 23.8. The fourth-order valence-corrected chi connectivity index (χ4v) is 6.19. The van der Waals surface area contributed by atoms with Crippen LogP contribution in [0.1, 0.15) is 103 Å². The van der Waals surface area contributed by atoms with Crippen molar-refractivity contribution in [2.24, 2.45) is 0 Å². The van der Waals surface area contributed by atoms with Crippen LogP contribution in [0.2, 0.25) is 0 Å². The predicted octanol–water partition coefficient (Wildman–Crippen LogP) is 6.59. The Morgan fingerprint density at radius 3 is 2.21 bits per heavy atom. The van der Waals surface area contributed by atoms with Crippen LogP contribution in [-0.2, 0) is 29.6 Å². The third-order valence-corrected chi connectivity index (χ3v) is 8.68. The summed E-state index contributed by atoms with van der Waals surface area (Å²) < 4.78 is 37.0. The van der Waals surface area contributed by atoms with Crippen molar-refractivity contribution in [3.05, 3.63) is 23.0 Å². The number of H-pyrrole nitrogens is 1. The molecule has 0 aromatic carbocycles. The topological polar surface area (TPSA) is 118 Å². The van der Waals surface area contributed by atoms with Crippen molar-refractivity contribution in [2.45, 2.75) is 116 Å². The molecule has 1 unspecified atom stereocenters.